The van der Waals surface area contributed by atoms with Crippen LogP contribution < -0.4 is 5.32 Å². The van der Waals surface area contributed by atoms with Gasteiger partial charge in [-0.3, -0.25) is 0 Å². The van der Waals surface area contributed by atoms with E-state index in [1.807, 2.05) is 0 Å². The average molecular weight is 255 g/mol. The van der Waals surface area contributed by atoms with Gasteiger partial charge in [0, 0.05) is 17.0 Å². The second kappa shape index (κ2) is 7.04. The first-order chi connectivity index (χ1) is 8.29. The Bertz CT molecular complexity index is 213. The van der Waals surface area contributed by atoms with Crippen LogP contribution in [0.5, 0.6) is 0 Å². The van der Waals surface area contributed by atoms with Crippen LogP contribution in [-0.4, -0.2) is 24.1 Å². The van der Waals surface area contributed by atoms with Crippen LogP contribution in [0.3, 0.4) is 0 Å². The lowest BCUT2D eigenvalue weighted by atomic mass is 9.79. The largest absolute Gasteiger partial charge is 0.316 e. The Morgan fingerprint density at radius 1 is 1.12 bits per heavy atom. The van der Waals surface area contributed by atoms with Crippen molar-refractivity contribution in [1.29, 1.82) is 0 Å². The van der Waals surface area contributed by atoms with Gasteiger partial charge in [-0.25, -0.2) is 0 Å². The molecule has 0 aromatic rings. The molecule has 1 N–H and O–H groups in total. The van der Waals surface area contributed by atoms with Crippen LogP contribution in [0.25, 0.3) is 0 Å². The fraction of sp³-hybridized carbons (Fsp3) is 1.00. The SMILES string of the molecule is CNC(CSC1CCCC1)C1CCCC(C)C1. The second-order valence-electron chi connectivity index (χ2n) is 6.17. The standard InChI is InChI=1S/C15H29NS/c1-12-6-5-7-13(10-12)15(16-2)11-17-14-8-3-4-9-14/h12-16H,3-11H2,1-2H3. The van der Waals surface area contributed by atoms with E-state index in [4.69, 9.17) is 0 Å². The summed E-state index contributed by atoms with van der Waals surface area (Å²) in [5.74, 6) is 3.25. The Labute approximate surface area is 112 Å². The first kappa shape index (κ1) is 13.7. The van der Waals surface area contributed by atoms with E-state index in [0.717, 1.165) is 23.1 Å². The van der Waals surface area contributed by atoms with E-state index in [2.05, 4.69) is 31.1 Å². The molecule has 2 rings (SSSR count). The third-order valence-electron chi connectivity index (χ3n) is 4.73. The summed E-state index contributed by atoms with van der Waals surface area (Å²) in [5.41, 5.74) is 0. The van der Waals surface area contributed by atoms with Gasteiger partial charge in [-0.05, 0) is 44.6 Å². The smallest absolute Gasteiger partial charge is 0.0183 e. The van der Waals surface area contributed by atoms with E-state index in [-0.39, 0.29) is 0 Å². The Balaban J connectivity index is 1.74. The summed E-state index contributed by atoms with van der Waals surface area (Å²) in [4.78, 5) is 0. The minimum Gasteiger partial charge on any atom is -0.316 e. The van der Waals surface area contributed by atoms with Crippen LogP contribution >= 0.6 is 11.8 Å². The molecule has 17 heavy (non-hydrogen) atoms. The lowest BCUT2D eigenvalue weighted by Gasteiger charge is -2.33. The summed E-state index contributed by atoms with van der Waals surface area (Å²) in [6, 6.07) is 0.767. The highest BCUT2D eigenvalue weighted by molar-refractivity contribution is 7.99. The molecule has 0 bridgehead atoms. The van der Waals surface area contributed by atoms with Crippen LogP contribution in [-0.2, 0) is 0 Å². The Morgan fingerprint density at radius 3 is 2.53 bits per heavy atom. The highest BCUT2D eigenvalue weighted by Gasteiger charge is 2.26. The normalized spacial score (nSPS) is 32.8. The summed E-state index contributed by atoms with van der Waals surface area (Å²) in [7, 11) is 2.17. The van der Waals surface area contributed by atoms with Crippen LogP contribution in [0.15, 0.2) is 0 Å². The molecule has 2 aliphatic rings. The molecule has 0 aromatic carbocycles. The second-order valence-corrected chi connectivity index (χ2v) is 7.50. The average Bonchev–Trinajstić information content (AvgIpc) is 2.83. The molecule has 0 aliphatic heterocycles. The minimum absolute atomic E-state index is 0.767. The van der Waals surface area contributed by atoms with Gasteiger partial charge in [0.05, 0.1) is 0 Å². The number of hydrogen-bond donors (Lipinski definition) is 1. The molecule has 1 nitrogen and oxygen atoms in total. The Hall–Kier alpha value is 0.310. The number of hydrogen-bond acceptors (Lipinski definition) is 2. The van der Waals surface area contributed by atoms with E-state index >= 15 is 0 Å². The Kier molecular flexibility index (Phi) is 5.68. The van der Waals surface area contributed by atoms with E-state index in [1.54, 1.807) is 0 Å². The van der Waals surface area contributed by atoms with Gasteiger partial charge >= 0.3 is 0 Å². The highest BCUT2D eigenvalue weighted by atomic mass is 32.2. The topological polar surface area (TPSA) is 12.0 Å². The molecule has 2 saturated carbocycles. The van der Waals surface area contributed by atoms with Crippen molar-refractivity contribution in [3.8, 4) is 0 Å². The van der Waals surface area contributed by atoms with Crippen LogP contribution in [0.1, 0.15) is 58.3 Å². The van der Waals surface area contributed by atoms with Gasteiger partial charge in [-0.2, -0.15) is 11.8 Å². The fourth-order valence-corrected chi connectivity index (χ4v) is 5.18. The number of rotatable bonds is 5. The molecule has 3 atom stereocenters. The first-order valence-electron chi connectivity index (χ1n) is 7.58. The lowest BCUT2D eigenvalue weighted by Crippen LogP contribution is -2.38. The highest BCUT2D eigenvalue weighted by Crippen LogP contribution is 2.34. The van der Waals surface area contributed by atoms with Gasteiger partial charge in [0.2, 0.25) is 0 Å². The molecule has 2 heteroatoms. The maximum absolute atomic E-state index is 3.60. The van der Waals surface area contributed by atoms with E-state index < -0.39 is 0 Å². The van der Waals surface area contributed by atoms with E-state index in [1.165, 1.54) is 57.1 Å². The van der Waals surface area contributed by atoms with Crippen LogP contribution in [0.4, 0.5) is 0 Å². The molecule has 3 unspecified atom stereocenters. The van der Waals surface area contributed by atoms with Gasteiger partial charge in [0.25, 0.3) is 0 Å². The fourth-order valence-electron chi connectivity index (χ4n) is 3.60. The summed E-state index contributed by atoms with van der Waals surface area (Å²) >= 11 is 2.25. The molecule has 0 aromatic heterocycles. The molecule has 2 aliphatic carbocycles. The molecular weight excluding hydrogens is 226 g/mol. The van der Waals surface area contributed by atoms with Gasteiger partial charge in [-0.15, -0.1) is 0 Å². The molecule has 0 spiro atoms. The van der Waals surface area contributed by atoms with Crippen molar-refractivity contribution in [2.24, 2.45) is 11.8 Å². The van der Waals surface area contributed by atoms with Crippen molar-refractivity contribution in [2.45, 2.75) is 69.6 Å². The minimum atomic E-state index is 0.767. The summed E-state index contributed by atoms with van der Waals surface area (Å²) < 4.78 is 0. The zero-order chi connectivity index (χ0) is 12.1. The zero-order valence-electron chi connectivity index (χ0n) is 11.6. The molecule has 0 saturated heterocycles. The maximum atomic E-state index is 3.60. The monoisotopic (exact) mass is 255 g/mol. The summed E-state index contributed by atoms with van der Waals surface area (Å²) in [5, 5.41) is 4.57. The van der Waals surface area contributed by atoms with Crippen molar-refractivity contribution >= 4 is 11.8 Å². The summed E-state index contributed by atoms with van der Waals surface area (Å²) in [6.45, 7) is 2.43. The summed E-state index contributed by atoms with van der Waals surface area (Å²) in [6.07, 6.45) is 11.7. The van der Waals surface area contributed by atoms with Gasteiger partial charge < -0.3 is 5.32 Å². The van der Waals surface area contributed by atoms with Crippen molar-refractivity contribution in [3.05, 3.63) is 0 Å². The third-order valence-corrected chi connectivity index (χ3v) is 6.22. The van der Waals surface area contributed by atoms with Crippen LogP contribution in [0, 0.1) is 11.8 Å². The van der Waals surface area contributed by atoms with E-state index in [9.17, 15) is 0 Å². The quantitative estimate of drug-likeness (QED) is 0.794. The molecule has 100 valence electrons. The van der Waals surface area contributed by atoms with Crippen molar-refractivity contribution in [2.75, 3.05) is 12.8 Å². The predicted molar refractivity (Wildman–Crippen MR) is 78.7 cm³/mol. The molecule has 0 amide bonds. The number of thioether (sulfide) groups is 1. The van der Waals surface area contributed by atoms with Crippen molar-refractivity contribution < 1.29 is 0 Å². The lowest BCUT2D eigenvalue weighted by molar-refractivity contribution is 0.240. The van der Waals surface area contributed by atoms with E-state index in [0.29, 0.717) is 0 Å². The van der Waals surface area contributed by atoms with Crippen molar-refractivity contribution in [1.82, 2.24) is 5.32 Å². The molecule has 2 fully saturated rings. The number of nitrogens with one attached hydrogen (secondary N) is 1. The zero-order valence-corrected chi connectivity index (χ0v) is 12.4. The molecular formula is C15H29NS. The van der Waals surface area contributed by atoms with Gasteiger partial charge in [0.1, 0.15) is 0 Å². The van der Waals surface area contributed by atoms with Gasteiger partial charge in [-0.1, -0.05) is 32.6 Å². The maximum Gasteiger partial charge on any atom is 0.0183 e. The third kappa shape index (κ3) is 4.17. The Morgan fingerprint density at radius 2 is 1.88 bits per heavy atom. The first-order valence-corrected chi connectivity index (χ1v) is 8.63. The van der Waals surface area contributed by atoms with Crippen LogP contribution in [0.2, 0.25) is 0 Å². The predicted octanol–water partition coefficient (Wildman–Crippen LogP) is 4.08. The molecule has 0 radical (unpaired) electrons. The molecule has 0 heterocycles. The van der Waals surface area contributed by atoms with Gasteiger partial charge in [0.15, 0.2) is 0 Å². The van der Waals surface area contributed by atoms with Crippen molar-refractivity contribution in [3.63, 3.8) is 0 Å².